The molecule has 0 heterocycles. The van der Waals surface area contributed by atoms with Gasteiger partial charge in [0.2, 0.25) is 0 Å². The maximum absolute atomic E-state index is 11.2. The molecule has 0 amide bonds. The highest BCUT2D eigenvalue weighted by atomic mass is 16.5. The standard InChI is InChI=1S/C9H18O2/c1-7(2)9(10)5-8(3)6-11-4/h7-8H,5-6H2,1-4H3. The molecule has 0 spiro atoms. The monoisotopic (exact) mass is 158 g/mol. The van der Waals surface area contributed by atoms with Crippen LogP contribution >= 0.6 is 0 Å². The van der Waals surface area contributed by atoms with E-state index in [1.165, 1.54) is 0 Å². The van der Waals surface area contributed by atoms with Crippen molar-refractivity contribution in [3.63, 3.8) is 0 Å². The van der Waals surface area contributed by atoms with Crippen molar-refractivity contribution < 1.29 is 9.53 Å². The van der Waals surface area contributed by atoms with E-state index in [1.807, 2.05) is 20.8 Å². The normalized spacial score (nSPS) is 13.5. The Labute approximate surface area is 68.9 Å². The highest BCUT2D eigenvalue weighted by molar-refractivity contribution is 5.80. The van der Waals surface area contributed by atoms with Crippen molar-refractivity contribution in [2.75, 3.05) is 13.7 Å². The van der Waals surface area contributed by atoms with Gasteiger partial charge < -0.3 is 4.74 Å². The summed E-state index contributed by atoms with van der Waals surface area (Å²) in [5, 5.41) is 0. The number of ether oxygens (including phenoxy) is 1. The Morgan fingerprint density at radius 1 is 1.36 bits per heavy atom. The van der Waals surface area contributed by atoms with Crippen molar-refractivity contribution in [1.82, 2.24) is 0 Å². The molecule has 0 saturated carbocycles. The maximum Gasteiger partial charge on any atom is 0.135 e. The summed E-state index contributed by atoms with van der Waals surface area (Å²) < 4.78 is 4.93. The Kier molecular flexibility index (Phi) is 5.12. The molecule has 0 fully saturated rings. The van der Waals surface area contributed by atoms with E-state index in [0.29, 0.717) is 24.7 Å². The van der Waals surface area contributed by atoms with E-state index in [0.717, 1.165) is 0 Å². The summed E-state index contributed by atoms with van der Waals surface area (Å²) in [6.07, 6.45) is 0.644. The molecule has 0 aliphatic rings. The molecule has 0 aliphatic carbocycles. The number of ketones is 1. The summed E-state index contributed by atoms with van der Waals surface area (Å²) in [4.78, 5) is 11.2. The second-order valence-electron chi connectivity index (χ2n) is 3.39. The van der Waals surface area contributed by atoms with Crippen molar-refractivity contribution in [2.45, 2.75) is 27.2 Å². The van der Waals surface area contributed by atoms with Crippen LogP contribution in [0.25, 0.3) is 0 Å². The van der Waals surface area contributed by atoms with Gasteiger partial charge in [-0.15, -0.1) is 0 Å². The molecule has 0 aromatic rings. The zero-order chi connectivity index (χ0) is 8.85. The molecule has 0 radical (unpaired) electrons. The molecule has 0 aromatic heterocycles. The number of hydrogen-bond acceptors (Lipinski definition) is 2. The predicted octanol–water partition coefficient (Wildman–Crippen LogP) is 1.88. The molecular weight excluding hydrogens is 140 g/mol. The van der Waals surface area contributed by atoms with Crippen LogP contribution in [0.2, 0.25) is 0 Å². The van der Waals surface area contributed by atoms with Gasteiger partial charge in [-0.1, -0.05) is 20.8 Å². The molecule has 0 bridgehead atoms. The first-order valence-electron chi connectivity index (χ1n) is 4.09. The molecule has 66 valence electrons. The van der Waals surface area contributed by atoms with E-state index in [-0.39, 0.29) is 5.92 Å². The zero-order valence-corrected chi connectivity index (χ0v) is 7.89. The van der Waals surface area contributed by atoms with Crippen LogP contribution in [0.4, 0.5) is 0 Å². The van der Waals surface area contributed by atoms with Crippen LogP contribution in [0.3, 0.4) is 0 Å². The topological polar surface area (TPSA) is 26.3 Å². The number of hydrogen-bond donors (Lipinski definition) is 0. The van der Waals surface area contributed by atoms with Gasteiger partial charge in [0, 0.05) is 26.1 Å². The van der Waals surface area contributed by atoms with Crippen LogP contribution in [0.1, 0.15) is 27.2 Å². The third-order valence-electron chi connectivity index (χ3n) is 1.64. The Morgan fingerprint density at radius 3 is 2.27 bits per heavy atom. The Morgan fingerprint density at radius 2 is 1.91 bits per heavy atom. The van der Waals surface area contributed by atoms with Crippen LogP contribution in [0.5, 0.6) is 0 Å². The number of methoxy groups -OCH3 is 1. The second-order valence-corrected chi connectivity index (χ2v) is 3.39. The molecule has 0 aromatic carbocycles. The van der Waals surface area contributed by atoms with E-state index in [9.17, 15) is 4.79 Å². The van der Waals surface area contributed by atoms with Gasteiger partial charge in [0.25, 0.3) is 0 Å². The molecular formula is C9H18O2. The van der Waals surface area contributed by atoms with Gasteiger partial charge in [-0.25, -0.2) is 0 Å². The van der Waals surface area contributed by atoms with E-state index in [2.05, 4.69) is 0 Å². The van der Waals surface area contributed by atoms with Gasteiger partial charge >= 0.3 is 0 Å². The third kappa shape index (κ3) is 4.96. The highest BCUT2D eigenvalue weighted by Gasteiger charge is 2.11. The summed E-state index contributed by atoms with van der Waals surface area (Å²) in [7, 11) is 1.66. The largest absolute Gasteiger partial charge is 0.384 e. The summed E-state index contributed by atoms with van der Waals surface area (Å²) >= 11 is 0. The van der Waals surface area contributed by atoms with E-state index < -0.39 is 0 Å². The van der Waals surface area contributed by atoms with Crippen molar-refractivity contribution in [1.29, 1.82) is 0 Å². The second kappa shape index (κ2) is 5.30. The van der Waals surface area contributed by atoms with E-state index in [4.69, 9.17) is 4.74 Å². The van der Waals surface area contributed by atoms with Crippen molar-refractivity contribution >= 4 is 5.78 Å². The predicted molar refractivity (Wildman–Crippen MR) is 45.5 cm³/mol. The van der Waals surface area contributed by atoms with Crippen LogP contribution in [0, 0.1) is 11.8 Å². The average Bonchev–Trinajstić information content (AvgIpc) is 1.87. The molecule has 11 heavy (non-hydrogen) atoms. The van der Waals surface area contributed by atoms with Gasteiger partial charge in [0.15, 0.2) is 0 Å². The van der Waals surface area contributed by atoms with Gasteiger partial charge in [-0.05, 0) is 5.92 Å². The fourth-order valence-corrected chi connectivity index (χ4v) is 0.923. The van der Waals surface area contributed by atoms with Crippen molar-refractivity contribution in [3.05, 3.63) is 0 Å². The zero-order valence-electron chi connectivity index (χ0n) is 7.89. The van der Waals surface area contributed by atoms with Crippen molar-refractivity contribution in [3.8, 4) is 0 Å². The lowest BCUT2D eigenvalue weighted by Crippen LogP contribution is -2.14. The number of rotatable bonds is 5. The van der Waals surface area contributed by atoms with Gasteiger partial charge in [0.05, 0.1) is 0 Å². The third-order valence-corrected chi connectivity index (χ3v) is 1.64. The minimum atomic E-state index is 0.161. The summed E-state index contributed by atoms with van der Waals surface area (Å²) in [5.74, 6) is 0.846. The SMILES string of the molecule is COCC(C)CC(=O)C(C)C. The summed E-state index contributed by atoms with van der Waals surface area (Å²) in [6, 6.07) is 0. The van der Waals surface area contributed by atoms with Crippen LogP contribution < -0.4 is 0 Å². The maximum atomic E-state index is 11.2. The number of Topliss-reactive ketones (excluding diaryl/α,β-unsaturated/α-hetero) is 1. The Hall–Kier alpha value is -0.370. The van der Waals surface area contributed by atoms with Crippen molar-refractivity contribution in [2.24, 2.45) is 11.8 Å². The quantitative estimate of drug-likeness (QED) is 0.610. The summed E-state index contributed by atoms with van der Waals surface area (Å²) in [5.41, 5.74) is 0. The van der Waals surface area contributed by atoms with Gasteiger partial charge in [-0.3, -0.25) is 4.79 Å². The minimum absolute atomic E-state index is 0.161. The number of carbonyl (C=O) groups excluding carboxylic acids is 1. The van der Waals surface area contributed by atoms with Crippen LogP contribution in [-0.4, -0.2) is 19.5 Å². The Bertz CT molecular complexity index is 119. The minimum Gasteiger partial charge on any atom is -0.384 e. The lowest BCUT2D eigenvalue weighted by atomic mass is 9.99. The molecule has 0 rings (SSSR count). The van der Waals surface area contributed by atoms with Gasteiger partial charge in [0.1, 0.15) is 5.78 Å². The first-order chi connectivity index (χ1) is 5.07. The highest BCUT2D eigenvalue weighted by Crippen LogP contribution is 2.07. The fraction of sp³-hybridized carbons (Fsp3) is 0.889. The molecule has 0 saturated heterocycles. The molecule has 0 aliphatic heterocycles. The molecule has 1 unspecified atom stereocenters. The lowest BCUT2D eigenvalue weighted by Gasteiger charge is -2.10. The first kappa shape index (κ1) is 10.6. The number of carbonyl (C=O) groups is 1. The fourth-order valence-electron chi connectivity index (χ4n) is 0.923. The molecule has 2 heteroatoms. The van der Waals surface area contributed by atoms with Gasteiger partial charge in [-0.2, -0.15) is 0 Å². The molecule has 0 N–H and O–H groups in total. The van der Waals surface area contributed by atoms with E-state index >= 15 is 0 Å². The lowest BCUT2D eigenvalue weighted by molar-refractivity contribution is -0.123. The smallest absolute Gasteiger partial charge is 0.135 e. The first-order valence-corrected chi connectivity index (χ1v) is 4.09. The molecule has 1 atom stereocenters. The summed E-state index contributed by atoms with van der Waals surface area (Å²) in [6.45, 7) is 6.58. The van der Waals surface area contributed by atoms with Crippen LogP contribution in [-0.2, 0) is 9.53 Å². The Balaban J connectivity index is 3.57. The van der Waals surface area contributed by atoms with E-state index in [1.54, 1.807) is 7.11 Å². The van der Waals surface area contributed by atoms with Crippen LogP contribution in [0.15, 0.2) is 0 Å². The average molecular weight is 158 g/mol. The molecule has 2 nitrogen and oxygen atoms in total.